The average molecular weight is 252 g/mol. The summed E-state index contributed by atoms with van der Waals surface area (Å²) in [7, 11) is 4.01. The molecule has 1 aliphatic rings. The molecule has 0 aliphatic carbocycles. The van der Waals surface area contributed by atoms with Crippen LogP contribution in [0.3, 0.4) is 0 Å². The van der Waals surface area contributed by atoms with Crippen molar-refractivity contribution in [2.45, 2.75) is 38.7 Å². The highest BCUT2D eigenvalue weighted by Crippen LogP contribution is 2.26. The summed E-state index contributed by atoms with van der Waals surface area (Å²) in [6.07, 6.45) is 4.78. The van der Waals surface area contributed by atoms with Gasteiger partial charge in [-0.15, -0.1) is 0 Å². The summed E-state index contributed by atoms with van der Waals surface area (Å²) in [5, 5.41) is 4.45. The summed E-state index contributed by atoms with van der Waals surface area (Å²) in [5.41, 5.74) is 7.93. The van der Waals surface area contributed by atoms with E-state index in [0.717, 1.165) is 43.2 Å². The smallest absolute Gasteiger partial charge is 0.150 e. The van der Waals surface area contributed by atoms with Crippen LogP contribution in [0.15, 0.2) is 0 Å². The highest BCUT2D eigenvalue weighted by molar-refractivity contribution is 5.66. The van der Waals surface area contributed by atoms with Gasteiger partial charge in [0, 0.05) is 27.2 Å². The second-order valence-electron chi connectivity index (χ2n) is 5.03. The molecule has 2 rings (SSSR count). The maximum Gasteiger partial charge on any atom is 0.150 e. The van der Waals surface area contributed by atoms with Crippen LogP contribution in [-0.4, -0.2) is 36.1 Å². The molecular formula is C13H24N4O. The van der Waals surface area contributed by atoms with E-state index in [-0.39, 0.29) is 0 Å². The van der Waals surface area contributed by atoms with Crippen LogP contribution in [0.1, 0.15) is 31.9 Å². The van der Waals surface area contributed by atoms with Crippen LogP contribution in [-0.2, 0) is 18.2 Å². The lowest BCUT2D eigenvalue weighted by molar-refractivity contribution is 0.0215. The molecule has 1 aliphatic heterocycles. The molecule has 1 unspecified atom stereocenters. The van der Waals surface area contributed by atoms with E-state index in [1.807, 2.05) is 11.7 Å². The monoisotopic (exact) mass is 252 g/mol. The third kappa shape index (κ3) is 2.61. The van der Waals surface area contributed by atoms with Gasteiger partial charge in [-0.25, -0.2) is 0 Å². The van der Waals surface area contributed by atoms with Crippen LogP contribution in [0.25, 0.3) is 0 Å². The van der Waals surface area contributed by atoms with E-state index in [9.17, 15) is 0 Å². The number of aryl methyl sites for hydroxylation is 2. The lowest BCUT2D eigenvalue weighted by Gasteiger charge is -2.28. The number of aromatic nitrogens is 2. The number of nitrogens with zero attached hydrogens (tertiary/aromatic N) is 3. The molecule has 0 amide bonds. The topological polar surface area (TPSA) is 56.3 Å². The quantitative estimate of drug-likeness (QED) is 0.883. The molecular weight excluding hydrogens is 228 g/mol. The Hall–Kier alpha value is -1.23. The van der Waals surface area contributed by atoms with Crippen molar-refractivity contribution in [1.29, 1.82) is 0 Å². The minimum absolute atomic E-state index is 0.322. The molecule has 1 fully saturated rings. The van der Waals surface area contributed by atoms with Crippen LogP contribution in [0.4, 0.5) is 11.5 Å². The lowest BCUT2D eigenvalue weighted by atomic mass is 10.1. The van der Waals surface area contributed by atoms with Crippen LogP contribution < -0.4 is 10.6 Å². The highest BCUT2D eigenvalue weighted by atomic mass is 16.5. The van der Waals surface area contributed by atoms with Crippen LogP contribution >= 0.6 is 0 Å². The van der Waals surface area contributed by atoms with Gasteiger partial charge in [-0.3, -0.25) is 4.68 Å². The largest absolute Gasteiger partial charge is 0.394 e. The number of likely N-dealkylation sites (N-methyl/N-ethyl adjacent to an activating group) is 1. The fraction of sp³-hybridized carbons (Fsp3) is 0.769. The third-order valence-electron chi connectivity index (χ3n) is 3.58. The van der Waals surface area contributed by atoms with E-state index in [4.69, 9.17) is 10.5 Å². The maximum atomic E-state index is 6.15. The predicted molar refractivity (Wildman–Crippen MR) is 73.9 cm³/mol. The van der Waals surface area contributed by atoms with E-state index < -0.39 is 0 Å². The molecule has 0 aromatic carbocycles. The Morgan fingerprint density at radius 3 is 2.83 bits per heavy atom. The summed E-state index contributed by atoms with van der Waals surface area (Å²) in [6.45, 7) is 3.85. The van der Waals surface area contributed by atoms with E-state index in [1.54, 1.807) is 0 Å². The fourth-order valence-corrected chi connectivity index (χ4v) is 2.64. The summed E-state index contributed by atoms with van der Waals surface area (Å²) in [6, 6.07) is 0. The van der Waals surface area contributed by atoms with Gasteiger partial charge in [0.05, 0.1) is 17.5 Å². The molecule has 1 aromatic heterocycles. The summed E-state index contributed by atoms with van der Waals surface area (Å²) in [5.74, 6) is 1.00. The zero-order chi connectivity index (χ0) is 13.1. The molecule has 18 heavy (non-hydrogen) atoms. The normalized spacial score (nSPS) is 20.1. The van der Waals surface area contributed by atoms with Gasteiger partial charge in [0.25, 0.3) is 0 Å². The van der Waals surface area contributed by atoms with Crippen molar-refractivity contribution in [3.05, 3.63) is 5.69 Å². The van der Waals surface area contributed by atoms with Gasteiger partial charge in [0.1, 0.15) is 5.82 Å². The highest BCUT2D eigenvalue weighted by Gasteiger charge is 2.20. The van der Waals surface area contributed by atoms with Gasteiger partial charge in [-0.1, -0.05) is 6.92 Å². The number of rotatable bonds is 4. The van der Waals surface area contributed by atoms with Crippen molar-refractivity contribution in [3.63, 3.8) is 0 Å². The zero-order valence-electron chi connectivity index (χ0n) is 11.6. The number of nitrogen functional groups attached to an aromatic ring is 1. The molecule has 0 saturated carbocycles. The number of nitrogens with two attached hydrogens (primary N) is 1. The van der Waals surface area contributed by atoms with Gasteiger partial charge in [-0.05, 0) is 25.7 Å². The first-order valence-corrected chi connectivity index (χ1v) is 6.77. The molecule has 1 atom stereocenters. The molecule has 5 heteroatoms. The molecule has 2 N–H and O–H groups in total. The number of anilines is 2. The predicted octanol–water partition coefficient (Wildman–Crippen LogP) is 1.57. The van der Waals surface area contributed by atoms with Crippen molar-refractivity contribution in [2.24, 2.45) is 7.05 Å². The van der Waals surface area contributed by atoms with Crippen molar-refractivity contribution in [1.82, 2.24) is 9.78 Å². The molecule has 1 saturated heterocycles. The van der Waals surface area contributed by atoms with Crippen LogP contribution in [0.5, 0.6) is 0 Å². The van der Waals surface area contributed by atoms with Gasteiger partial charge >= 0.3 is 0 Å². The van der Waals surface area contributed by atoms with Crippen LogP contribution in [0, 0.1) is 0 Å². The Labute approximate surface area is 109 Å². The van der Waals surface area contributed by atoms with Crippen molar-refractivity contribution < 1.29 is 4.74 Å². The van der Waals surface area contributed by atoms with Gasteiger partial charge in [-0.2, -0.15) is 5.10 Å². The SMILES string of the molecule is CCc1nn(C)c(N(C)CC2CCCCO2)c1N. The minimum atomic E-state index is 0.322. The molecule has 0 spiro atoms. The van der Waals surface area contributed by atoms with E-state index in [1.165, 1.54) is 12.8 Å². The molecule has 1 aromatic rings. The van der Waals surface area contributed by atoms with Crippen molar-refractivity contribution in [3.8, 4) is 0 Å². The zero-order valence-corrected chi connectivity index (χ0v) is 11.6. The minimum Gasteiger partial charge on any atom is -0.394 e. The second kappa shape index (κ2) is 5.61. The summed E-state index contributed by atoms with van der Waals surface area (Å²) >= 11 is 0. The Morgan fingerprint density at radius 1 is 1.50 bits per heavy atom. The second-order valence-corrected chi connectivity index (χ2v) is 5.03. The summed E-state index contributed by atoms with van der Waals surface area (Å²) < 4.78 is 7.64. The van der Waals surface area contributed by atoms with Crippen molar-refractivity contribution >= 4 is 11.5 Å². The molecule has 0 bridgehead atoms. The summed E-state index contributed by atoms with van der Waals surface area (Å²) in [4.78, 5) is 2.16. The van der Waals surface area contributed by atoms with Crippen LogP contribution in [0.2, 0.25) is 0 Å². The third-order valence-corrected chi connectivity index (χ3v) is 3.58. The van der Waals surface area contributed by atoms with E-state index in [0.29, 0.717) is 6.10 Å². The first-order valence-electron chi connectivity index (χ1n) is 6.77. The Kier molecular flexibility index (Phi) is 4.11. The Bertz CT molecular complexity index is 396. The number of hydrogen-bond donors (Lipinski definition) is 1. The standard InChI is InChI=1S/C13H24N4O/c1-4-11-12(14)13(17(3)15-11)16(2)9-10-7-5-6-8-18-10/h10H,4-9,14H2,1-3H3. The van der Waals surface area contributed by atoms with Gasteiger partial charge in [0.2, 0.25) is 0 Å². The molecule has 2 heterocycles. The first kappa shape index (κ1) is 13.2. The van der Waals surface area contributed by atoms with Gasteiger partial charge < -0.3 is 15.4 Å². The fourth-order valence-electron chi connectivity index (χ4n) is 2.64. The average Bonchev–Trinajstić information content (AvgIpc) is 2.65. The first-order chi connectivity index (χ1) is 8.63. The Morgan fingerprint density at radius 2 is 2.28 bits per heavy atom. The lowest BCUT2D eigenvalue weighted by Crippen LogP contribution is -2.34. The van der Waals surface area contributed by atoms with E-state index in [2.05, 4.69) is 24.0 Å². The Balaban J connectivity index is 2.07. The number of hydrogen-bond acceptors (Lipinski definition) is 4. The molecule has 102 valence electrons. The van der Waals surface area contributed by atoms with Gasteiger partial charge in [0.15, 0.2) is 0 Å². The van der Waals surface area contributed by atoms with Crippen molar-refractivity contribution in [2.75, 3.05) is 30.8 Å². The molecule has 0 radical (unpaired) electrons. The molecule has 5 nitrogen and oxygen atoms in total. The number of ether oxygens (including phenoxy) is 1. The maximum absolute atomic E-state index is 6.15. The van der Waals surface area contributed by atoms with E-state index >= 15 is 0 Å².